The second kappa shape index (κ2) is 11.8. The van der Waals surface area contributed by atoms with E-state index in [1.807, 2.05) is 0 Å². The van der Waals surface area contributed by atoms with Crippen molar-refractivity contribution in [3.8, 4) is 0 Å². The third-order valence-electron chi connectivity index (χ3n) is 5.76. The molecular formula is C23H37FN3O10P. The Kier molecular flexibility index (Phi) is 9.87. The summed E-state index contributed by atoms with van der Waals surface area (Å²) in [4.78, 5) is 40.0. The van der Waals surface area contributed by atoms with Crippen LogP contribution >= 0.6 is 7.60 Å². The first-order chi connectivity index (χ1) is 17.3. The fourth-order valence-corrected chi connectivity index (χ4v) is 5.22. The van der Waals surface area contributed by atoms with Gasteiger partial charge < -0.3 is 25.1 Å². The van der Waals surface area contributed by atoms with Gasteiger partial charge in [0.05, 0.1) is 17.0 Å². The maximum absolute atomic E-state index is 15.3. The minimum absolute atomic E-state index is 0.0946. The first kappa shape index (κ1) is 31.8. The van der Waals surface area contributed by atoms with Gasteiger partial charge in [-0.3, -0.25) is 27.8 Å². The lowest BCUT2D eigenvalue weighted by molar-refractivity contribution is -0.162. The Balaban J connectivity index is 2.31. The molecule has 0 saturated carbocycles. The number of aliphatic hydroxyl groups is 1. The predicted octanol–water partition coefficient (Wildman–Crippen LogP) is 2.52. The predicted molar refractivity (Wildman–Crippen MR) is 132 cm³/mol. The second-order valence-corrected chi connectivity index (χ2v) is 13.0. The maximum atomic E-state index is 15.3. The molecule has 15 heteroatoms. The minimum atomic E-state index is -4.40. The topological polar surface area (TPSA) is 178 Å². The van der Waals surface area contributed by atoms with Crippen LogP contribution in [-0.4, -0.2) is 64.2 Å². The van der Waals surface area contributed by atoms with Crippen LogP contribution in [0.15, 0.2) is 17.1 Å². The number of ether oxygens (including phenoxy) is 3. The summed E-state index contributed by atoms with van der Waals surface area (Å²) in [6.07, 6.45) is -5.31. The number of esters is 2. The van der Waals surface area contributed by atoms with Crippen LogP contribution in [0, 0.1) is 10.8 Å². The number of halogens is 1. The Hall–Kier alpha value is -2.38. The summed E-state index contributed by atoms with van der Waals surface area (Å²) in [5.41, 5.74) is 0.921. The van der Waals surface area contributed by atoms with Crippen LogP contribution in [0.4, 0.5) is 10.2 Å². The van der Waals surface area contributed by atoms with Gasteiger partial charge >= 0.3 is 25.2 Å². The third-order valence-corrected chi connectivity index (χ3v) is 7.68. The number of nitrogens with zero attached hydrogens (tertiary/aromatic N) is 2. The zero-order valence-corrected chi connectivity index (χ0v) is 23.5. The summed E-state index contributed by atoms with van der Waals surface area (Å²) in [6, 6.07) is 1.25. The van der Waals surface area contributed by atoms with Crippen LogP contribution < -0.4 is 11.4 Å². The summed E-state index contributed by atoms with van der Waals surface area (Å²) in [6.45, 7) is 9.52. The number of anilines is 1. The molecule has 13 nitrogen and oxygen atoms in total. The zero-order valence-electron chi connectivity index (χ0n) is 22.6. The Bertz CT molecular complexity index is 1080. The average Bonchev–Trinajstić information content (AvgIpc) is 3.03. The minimum Gasteiger partial charge on any atom is -0.438 e. The molecule has 0 aromatic carbocycles. The fourth-order valence-electron chi connectivity index (χ4n) is 3.40. The van der Waals surface area contributed by atoms with Crippen molar-refractivity contribution in [3.05, 3.63) is 22.7 Å². The molecule has 0 bridgehead atoms. The van der Waals surface area contributed by atoms with E-state index in [-0.39, 0.29) is 12.2 Å². The van der Waals surface area contributed by atoms with Crippen LogP contribution in [0.5, 0.6) is 0 Å². The molecule has 0 spiro atoms. The van der Waals surface area contributed by atoms with Crippen molar-refractivity contribution in [2.45, 2.75) is 79.0 Å². The van der Waals surface area contributed by atoms with E-state index in [9.17, 15) is 24.1 Å². The van der Waals surface area contributed by atoms with Crippen molar-refractivity contribution in [3.63, 3.8) is 0 Å². The van der Waals surface area contributed by atoms with Crippen molar-refractivity contribution < 1.29 is 46.9 Å². The number of hydrogen-bond donors (Lipinski definition) is 2. The van der Waals surface area contributed by atoms with Crippen LogP contribution in [-0.2, 0) is 37.4 Å². The monoisotopic (exact) mass is 565 g/mol. The SMILES string of the molecule is CC[C@]1(CP(=O)(OCOC(=O)C(C)(C)C)OCOC(=O)C(C)(C)C)O[C@@H](n2ccc(N)nc2=O)[C@H](F)[C@@H]1O. The number of nitrogen functional groups attached to an aromatic ring is 1. The summed E-state index contributed by atoms with van der Waals surface area (Å²) in [7, 11) is -4.40. The van der Waals surface area contributed by atoms with Crippen LogP contribution in [0.3, 0.4) is 0 Å². The molecule has 4 atom stereocenters. The Morgan fingerprint density at radius 3 is 2.08 bits per heavy atom. The normalized spacial score (nSPS) is 24.3. The quantitative estimate of drug-likeness (QED) is 0.241. The first-order valence-corrected chi connectivity index (χ1v) is 13.7. The molecule has 1 aliphatic rings. The highest BCUT2D eigenvalue weighted by atomic mass is 31.2. The molecule has 38 heavy (non-hydrogen) atoms. The Morgan fingerprint density at radius 2 is 1.66 bits per heavy atom. The van der Waals surface area contributed by atoms with Gasteiger partial charge in [-0.15, -0.1) is 0 Å². The standard InChI is InChI=1S/C23H37FN3O10P/c1-8-23(16(28)15(24)17(37-23)27-10-9-14(25)26-20(27)31)11-38(32,35-12-33-18(29)21(2,3)4)36-13-34-19(30)22(5,6)7/h9-10,15-17,28H,8,11-13H2,1-7H3,(H2,25,26,31)/t15-,16+,17-,23-/m1/s1. The number of rotatable bonds is 10. The molecule has 0 unspecified atom stereocenters. The molecule has 1 fully saturated rings. The lowest BCUT2D eigenvalue weighted by Crippen LogP contribution is -2.45. The molecule has 1 aromatic rings. The molecule has 0 aliphatic carbocycles. The molecule has 1 aliphatic heterocycles. The van der Waals surface area contributed by atoms with Crippen molar-refractivity contribution >= 4 is 25.4 Å². The zero-order chi connectivity index (χ0) is 29.1. The third kappa shape index (κ3) is 7.60. The number of carbonyl (C=O) groups excluding carboxylic acids is 2. The number of hydrogen-bond acceptors (Lipinski definition) is 12. The van der Waals surface area contributed by atoms with Crippen LogP contribution in [0.1, 0.15) is 61.1 Å². The average molecular weight is 566 g/mol. The highest BCUT2D eigenvalue weighted by Crippen LogP contribution is 2.56. The number of alkyl halides is 1. The van der Waals surface area contributed by atoms with E-state index in [4.69, 9.17) is 29.0 Å². The fraction of sp³-hybridized carbons (Fsp3) is 0.739. The highest BCUT2D eigenvalue weighted by molar-refractivity contribution is 7.53. The van der Waals surface area contributed by atoms with Gasteiger partial charge in [-0.05, 0) is 54.0 Å². The van der Waals surface area contributed by atoms with E-state index in [0.717, 1.165) is 10.8 Å². The molecule has 2 rings (SSSR count). The Morgan fingerprint density at radius 1 is 1.16 bits per heavy atom. The first-order valence-electron chi connectivity index (χ1n) is 11.9. The van der Waals surface area contributed by atoms with Gasteiger partial charge in [0, 0.05) is 6.20 Å². The Labute approximate surface area is 220 Å². The van der Waals surface area contributed by atoms with Crippen LogP contribution in [0.25, 0.3) is 0 Å². The van der Waals surface area contributed by atoms with Crippen LogP contribution in [0.2, 0.25) is 0 Å². The van der Waals surface area contributed by atoms with E-state index in [1.165, 1.54) is 13.0 Å². The lowest BCUT2D eigenvalue weighted by Gasteiger charge is -2.33. The van der Waals surface area contributed by atoms with Gasteiger partial charge in [0.25, 0.3) is 0 Å². The molecule has 0 amide bonds. The molecular weight excluding hydrogens is 528 g/mol. The molecule has 216 valence electrons. The number of nitrogens with two attached hydrogens (primary N) is 1. The van der Waals surface area contributed by atoms with Crippen molar-refractivity contribution in [2.75, 3.05) is 25.5 Å². The summed E-state index contributed by atoms with van der Waals surface area (Å²) >= 11 is 0. The molecule has 1 saturated heterocycles. The van der Waals surface area contributed by atoms with E-state index < -0.39 is 79.9 Å². The summed E-state index contributed by atoms with van der Waals surface area (Å²) < 4.78 is 56.3. The summed E-state index contributed by atoms with van der Waals surface area (Å²) in [5.74, 6) is -1.42. The van der Waals surface area contributed by atoms with Gasteiger partial charge in [-0.1, -0.05) is 6.92 Å². The number of carbonyl (C=O) groups is 2. The van der Waals surface area contributed by atoms with Crippen molar-refractivity contribution in [1.82, 2.24) is 9.55 Å². The summed E-state index contributed by atoms with van der Waals surface area (Å²) in [5, 5.41) is 10.8. The smallest absolute Gasteiger partial charge is 0.351 e. The van der Waals surface area contributed by atoms with Crippen molar-refractivity contribution in [1.29, 1.82) is 0 Å². The molecule has 2 heterocycles. The van der Waals surface area contributed by atoms with Gasteiger partial charge in [-0.2, -0.15) is 4.98 Å². The van der Waals surface area contributed by atoms with E-state index in [0.29, 0.717) is 0 Å². The number of aliphatic hydroxyl groups excluding tert-OH is 1. The maximum Gasteiger partial charge on any atom is 0.351 e. The number of aromatic nitrogens is 2. The van der Waals surface area contributed by atoms with Gasteiger partial charge in [0.1, 0.15) is 17.5 Å². The molecule has 0 radical (unpaired) electrons. The van der Waals surface area contributed by atoms with Gasteiger partial charge in [0.15, 0.2) is 12.4 Å². The van der Waals surface area contributed by atoms with Gasteiger partial charge in [-0.25, -0.2) is 9.18 Å². The molecule has 1 aromatic heterocycles. The largest absolute Gasteiger partial charge is 0.438 e. The van der Waals surface area contributed by atoms with Crippen molar-refractivity contribution in [2.24, 2.45) is 10.8 Å². The van der Waals surface area contributed by atoms with E-state index in [1.54, 1.807) is 41.5 Å². The van der Waals surface area contributed by atoms with E-state index in [2.05, 4.69) is 4.98 Å². The van der Waals surface area contributed by atoms with E-state index >= 15 is 4.39 Å². The lowest BCUT2D eigenvalue weighted by atomic mass is 9.95. The van der Waals surface area contributed by atoms with Gasteiger partial charge in [0.2, 0.25) is 13.6 Å². The highest BCUT2D eigenvalue weighted by Gasteiger charge is 2.58. The molecule has 3 N–H and O–H groups in total. The second-order valence-electron chi connectivity index (χ2n) is 11.0.